The van der Waals surface area contributed by atoms with Gasteiger partial charge in [0.15, 0.2) is 12.1 Å². The first-order valence-electron chi connectivity index (χ1n) is 12.5. The number of nitrogens with zero attached hydrogens (tertiary/aromatic N) is 1. The van der Waals surface area contributed by atoms with E-state index < -0.39 is 18.2 Å². The Morgan fingerprint density at radius 2 is 1.59 bits per heavy atom. The van der Waals surface area contributed by atoms with E-state index in [0.717, 1.165) is 16.7 Å². The van der Waals surface area contributed by atoms with Crippen LogP contribution in [0.5, 0.6) is 0 Å². The molecule has 3 aromatic rings. The molecule has 7 nitrogen and oxygen atoms in total. The van der Waals surface area contributed by atoms with Gasteiger partial charge in [-0.1, -0.05) is 73.5 Å². The van der Waals surface area contributed by atoms with Gasteiger partial charge in [0.1, 0.15) is 0 Å². The Labute approximate surface area is 217 Å². The molecule has 0 aliphatic carbocycles. The number of carbonyl (C=O) groups excluding carboxylic acids is 3. The molecule has 1 fully saturated rings. The lowest BCUT2D eigenvalue weighted by molar-refractivity contribution is -0.126. The standard InChI is InChI=1S/C30H33N3O4/c1-19(2)17-31-29(35)26-27(37-30(36)33(26)18-22-12-8-20(3)9-13-22)24-6-5-7-25(16-24)32-28(34)23-14-10-21(4)11-15-23/h5-16,19,26-27H,17-18H2,1-4H3,(H,31,35)(H,32,34)/t26-,27+/m0/s1. The topological polar surface area (TPSA) is 87.7 Å². The van der Waals surface area contributed by atoms with Crippen molar-refractivity contribution in [2.24, 2.45) is 5.92 Å². The van der Waals surface area contributed by atoms with E-state index in [1.165, 1.54) is 4.90 Å². The number of hydrogen-bond acceptors (Lipinski definition) is 4. The van der Waals surface area contributed by atoms with Gasteiger partial charge in [0.25, 0.3) is 5.91 Å². The summed E-state index contributed by atoms with van der Waals surface area (Å²) in [5, 5.41) is 5.86. The van der Waals surface area contributed by atoms with Crippen LogP contribution in [-0.4, -0.2) is 35.4 Å². The van der Waals surface area contributed by atoms with E-state index >= 15 is 0 Å². The SMILES string of the molecule is Cc1ccc(CN2C(=O)O[C@H](c3cccc(NC(=O)c4ccc(C)cc4)c3)[C@H]2C(=O)NCC(C)C)cc1. The van der Waals surface area contributed by atoms with Crippen LogP contribution in [0.4, 0.5) is 10.5 Å². The molecule has 1 aliphatic rings. The Balaban J connectivity index is 1.59. The second-order valence-electron chi connectivity index (χ2n) is 9.95. The van der Waals surface area contributed by atoms with Crippen molar-refractivity contribution in [3.8, 4) is 0 Å². The van der Waals surface area contributed by atoms with Crippen molar-refractivity contribution in [2.75, 3.05) is 11.9 Å². The van der Waals surface area contributed by atoms with Gasteiger partial charge in [-0.2, -0.15) is 0 Å². The third kappa shape index (κ3) is 6.36. The van der Waals surface area contributed by atoms with Crippen molar-refractivity contribution in [3.63, 3.8) is 0 Å². The molecule has 0 bridgehead atoms. The number of rotatable bonds is 8. The summed E-state index contributed by atoms with van der Waals surface area (Å²) in [5.41, 5.74) is 4.81. The molecule has 7 heteroatoms. The largest absolute Gasteiger partial charge is 0.438 e. The highest BCUT2D eigenvalue weighted by Crippen LogP contribution is 2.35. The third-order valence-electron chi connectivity index (χ3n) is 6.30. The predicted octanol–water partition coefficient (Wildman–Crippen LogP) is 5.39. The lowest BCUT2D eigenvalue weighted by atomic mass is 9.99. The van der Waals surface area contributed by atoms with Crippen LogP contribution in [0.25, 0.3) is 0 Å². The summed E-state index contributed by atoms with van der Waals surface area (Å²) in [5.74, 6) is -0.259. The molecule has 3 aromatic carbocycles. The summed E-state index contributed by atoms with van der Waals surface area (Å²) in [4.78, 5) is 40.6. The van der Waals surface area contributed by atoms with Gasteiger partial charge >= 0.3 is 6.09 Å². The summed E-state index contributed by atoms with van der Waals surface area (Å²) in [6.07, 6.45) is -1.37. The van der Waals surface area contributed by atoms with Crippen molar-refractivity contribution in [2.45, 2.75) is 46.4 Å². The highest BCUT2D eigenvalue weighted by atomic mass is 16.6. The van der Waals surface area contributed by atoms with Crippen LogP contribution >= 0.6 is 0 Å². The van der Waals surface area contributed by atoms with E-state index in [1.54, 1.807) is 36.4 Å². The molecule has 1 saturated heterocycles. The van der Waals surface area contributed by atoms with Gasteiger partial charge in [-0.05, 0) is 55.2 Å². The molecule has 0 unspecified atom stereocenters. The zero-order chi connectivity index (χ0) is 26.5. The number of hydrogen-bond donors (Lipinski definition) is 2. The minimum absolute atomic E-state index is 0.243. The van der Waals surface area contributed by atoms with Crippen LogP contribution in [0.3, 0.4) is 0 Å². The maximum atomic E-state index is 13.4. The fourth-order valence-corrected chi connectivity index (χ4v) is 4.21. The normalized spacial score (nSPS) is 17.0. The molecule has 0 saturated carbocycles. The van der Waals surface area contributed by atoms with Crippen LogP contribution in [0, 0.1) is 19.8 Å². The summed E-state index contributed by atoms with van der Waals surface area (Å²) < 4.78 is 5.77. The van der Waals surface area contributed by atoms with Gasteiger partial charge in [0.05, 0.1) is 6.54 Å². The Kier molecular flexibility index (Phi) is 7.92. The molecule has 0 spiro atoms. The average molecular weight is 500 g/mol. The fraction of sp³-hybridized carbons (Fsp3) is 0.300. The fourth-order valence-electron chi connectivity index (χ4n) is 4.21. The zero-order valence-electron chi connectivity index (χ0n) is 21.7. The molecular weight excluding hydrogens is 466 g/mol. The molecule has 2 atom stereocenters. The van der Waals surface area contributed by atoms with Crippen LogP contribution in [-0.2, 0) is 16.1 Å². The van der Waals surface area contributed by atoms with Crippen molar-refractivity contribution >= 4 is 23.6 Å². The number of carbonyl (C=O) groups is 3. The second-order valence-corrected chi connectivity index (χ2v) is 9.95. The minimum atomic E-state index is -0.851. The Morgan fingerprint density at radius 1 is 0.946 bits per heavy atom. The number of ether oxygens (including phenoxy) is 1. The number of nitrogens with one attached hydrogen (secondary N) is 2. The van der Waals surface area contributed by atoms with Gasteiger partial charge in [0, 0.05) is 17.8 Å². The van der Waals surface area contributed by atoms with Crippen LogP contribution in [0.2, 0.25) is 0 Å². The minimum Gasteiger partial charge on any atom is -0.438 e. The quantitative estimate of drug-likeness (QED) is 0.435. The highest BCUT2D eigenvalue weighted by molar-refractivity contribution is 6.04. The lowest BCUT2D eigenvalue weighted by Gasteiger charge is -2.25. The smallest absolute Gasteiger partial charge is 0.411 e. The predicted molar refractivity (Wildman–Crippen MR) is 143 cm³/mol. The maximum Gasteiger partial charge on any atom is 0.411 e. The van der Waals surface area contributed by atoms with E-state index in [0.29, 0.717) is 23.4 Å². The Morgan fingerprint density at radius 3 is 2.24 bits per heavy atom. The van der Waals surface area contributed by atoms with Gasteiger partial charge < -0.3 is 15.4 Å². The second kappa shape index (κ2) is 11.3. The van der Waals surface area contributed by atoms with Crippen molar-refractivity contribution in [3.05, 3.63) is 101 Å². The molecule has 1 heterocycles. The Bertz CT molecular complexity index is 1270. The zero-order valence-corrected chi connectivity index (χ0v) is 21.7. The summed E-state index contributed by atoms with van der Waals surface area (Å²) in [7, 11) is 0. The highest BCUT2D eigenvalue weighted by Gasteiger charge is 2.47. The molecular formula is C30H33N3O4. The molecule has 3 amide bonds. The Hall–Kier alpha value is -4.13. The number of aryl methyl sites for hydroxylation is 2. The molecule has 192 valence electrons. The van der Waals surface area contributed by atoms with Crippen molar-refractivity contribution in [1.29, 1.82) is 0 Å². The number of benzene rings is 3. The summed E-state index contributed by atoms with van der Waals surface area (Å²) in [6.45, 7) is 8.72. The molecule has 1 aliphatic heterocycles. The number of cyclic esters (lactones) is 1. The summed E-state index contributed by atoms with van der Waals surface area (Å²) >= 11 is 0. The van der Waals surface area contributed by atoms with Crippen LogP contribution < -0.4 is 10.6 Å². The summed E-state index contributed by atoms with van der Waals surface area (Å²) in [6, 6.07) is 21.4. The van der Waals surface area contributed by atoms with E-state index in [2.05, 4.69) is 10.6 Å². The number of amides is 3. The first-order chi connectivity index (χ1) is 17.7. The number of anilines is 1. The van der Waals surface area contributed by atoms with E-state index in [-0.39, 0.29) is 24.3 Å². The third-order valence-corrected chi connectivity index (χ3v) is 6.30. The van der Waals surface area contributed by atoms with Gasteiger partial charge in [-0.25, -0.2) is 4.79 Å². The van der Waals surface area contributed by atoms with Crippen LogP contribution in [0.15, 0.2) is 72.8 Å². The molecule has 0 radical (unpaired) electrons. The average Bonchev–Trinajstić information content (AvgIpc) is 3.20. The molecule has 37 heavy (non-hydrogen) atoms. The first kappa shape index (κ1) is 25.9. The molecule has 0 aromatic heterocycles. The van der Waals surface area contributed by atoms with Gasteiger partial charge in [0.2, 0.25) is 5.91 Å². The van der Waals surface area contributed by atoms with Gasteiger partial charge in [-0.15, -0.1) is 0 Å². The van der Waals surface area contributed by atoms with E-state index in [1.807, 2.05) is 64.1 Å². The molecule has 2 N–H and O–H groups in total. The van der Waals surface area contributed by atoms with Crippen LogP contribution in [0.1, 0.15) is 52.6 Å². The monoisotopic (exact) mass is 499 g/mol. The van der Waals surface area contributed by atoms with E-state index in [9.17, 15) is 14.4 Å². The maximum absolute atomic E-state index is 13.4. The molecule has 4 rings (SSSR count). The van der Waals surface area contributed by atoms with E-state index in [4.69, 9.17) is 4.74 Å². The van der Waals surface area contributed by atoms with Crippen molar-refractivity contribution in [1.82, 2.24) is 10.2 Å². The van der Waals surface area contributed by atoms with Gasteiger partial charge in [-0.3, -0.25) is 14.5 Å². The van der Waals surface area contributed by atoms with Crippen molar-refractivity contribution < 1.29 is 19.1 Å². The first-order valence-corrected chi connectivity index (χ1v) is 12.5. The lowest BCUT2D eigenvalue weighted by Crippen LogP contribution is -2.47.